The molecule has 0 heterocycles. The van der Waals surface area contributed by atoms with Gasteiger partial charge < -0.3 is 5.32 Å². The molecule has 0 bridgehead atoms. The van der Waals surface area contributed by atoms with Gasteiger partial charge in [0.2, 0.25) is 0 Å². The van der Waals surface area contributed by atoms with Gasteiger partial charge in [0.05, 0.1) is 0 Å². The molecule has 2 aromatic rings. The van der Waals surface area contributed by atoms with Crippen LogP contribution in [0.4, 0.5) is 0 Å². The summed E-state index contributed by atoms with van der Waals surface area (Å²) in [5, 5.41) is 4.97. The Morgan fingerprint density at radius 1 is 0.952 bits per heavy atom. The minimum Gasteiger partial charge on any atom is -0.306 e. The first-order valence-corrected chi connectivity index (χ1v) is 8.15. The molecule has 3 heteroatoms. The molecule has 1 unspecified atom stereocenters. The molecule has 0 saturated heterocycles. The third kappa shape index (κ3) is 4.47. The van der Waals surface area contributed by atoms with Crippen molar-refractivity contribution in [3.63, 3.8) is 0 Å². The summed E-state index contributed by atoms with van der Waals surface area (Å²) in [6, 6.07) is 14.7. The summed E-state index contributed by atoms with van der Waals surface area (Å²) in [6.07, 6.45) is 2.06. The van der Waals surface area contributed by atoms with E-state index < -0.39 is 0 Å². The van der Waals surface area contributed by atoms with Gasteiger partial charge in [0.15, 0.2) is 0 Å². The molecule has 0 aliphatic rings. The molecule has 0 saturated carbocycles. The first-order chi connectivity index (χ1) is 10.1. The second-order valence-corrected chi connectivity index (χ2v) is 6.02. The zero-order valence-corrected chi connectivity index (χ0v) is 14.0. The van der Waals surface area contributed by atoms with Crippen LogP contribution in [-0.4, -0.2) is 0 Å². The highest BCUT2D eigenvalue weighted by atomic mass is 35.5. The van der Waals surface area contributed by atoms with E-state index in [1.165, 1.54) is 11.1 Å². The third-order valence-corrected chi connectivity index (χ3v) is 4.29. The summed E-state index contributed by atoms with van der Waals surface area (Å²) in [4.78, 5) is 0. The molecule has 1 atom stereocenters. The highest BCUT2D eigenvalue weighted by Gasteiger charge is 2.12. The highest BCUT2D eigenvalue weighted by molar-refractivity contribution is 6.35. The van der Waals surface area contributed by atoms with E-state index in [1.807, 2.05) is 12.1 Å². The zero-order chi connectivity index (χ0) is 15.2. The van der Waals surface area contributed by atoms with E-state index in [4.69, 9.17) is 23.2 Å². The lowest BCUT2D eigenvalue weighted by atomic mass is 10.0. The van der Waals surface area contributed by atoms with Crippen molar-refractivity contribution in [2.75, 3.05) is 0 Å². The smallest absolute Gasteiger partial charge is 0.0468 e. The fourth-order valence-electron chi connectivity index (χ4n) is 2.39. The van der Waals surface area contributed by atoms with Gasteiger partial charge in [-0.05, 0) is 41.7 Å². The van der Waals surface area contributed by atoms with Crippen molar-refractivity contribution in [2.24, 2.45) is 0 Å². The minimum absolute atomic E-state index is 0.237. The van der Waals surface area contributed by atoms with Crippen LogP contribution in [0.15, 0.2) is 42.5 Å². The molecule has 1 N–H and O–H groups in total. The van der Waals surface area contributed by atoms with Gasteiger partial charge in [0, 0.05) is 22.6 Å². The molecular formula is C18H21Cl2N. The van der Waals surface area contributed by atoms with Crippen molar-refractivity contribution < 1.29 is 0 Å². The van der Waals surface area contributed by atoms with Gasteiger partial charge in [-0.1, -0.05) is 67.4 Å². The molecule has 0 aliphatic heterocycles. The second kappa shape index (κ2) is 7.84. The average Bonchev–Trinajstić information content (AvgIpc) is 2.50. The van der Waals surface area contributed by atoms with Gasteiger partial charge in [0.25, 0.3) is 0 Å². The van der Waals surface area contributed by atoms with Gasteiger partial charge in [0.1, 0.15) is 0 Å². The van der Waals surface area contributed by atoms with Gasteiger partial charge in [-0.2, -0.15) is 0 Å². The van der Waals surface area contributed by atoms with E-state index in [1.54, 1.807) is 6.07 Å². The Labute approximate surface area is 137 Å². The maximum atomic E-state index is 6.30. The Balaban J connectivity index is 2.04. The number of aryl methyl sites for hydroxylation is 1. The summed E-state index contributed by atoms with van der Waals surface area (Å²) in [5.74, 6) is 0. The van der Waals surface area contributed by atoms with Crippen LogP contribution >= 0.6 is 23.2 Å². The Bertz CT molecular complexity index is 578. The molecule has 0 fully saturated rings. The molecule has 2 aromatic carbocycles. The zero-order valence-electron chi connectivity index (χ0n) is 12.5. The summed E-state index contributed by atoms with van der Waals surface area (Å²) in [7, 11) is 0. The van der Waals surface area contributed by atoms with Crippen LogP contribution in [-0.2, 0) is 13.0 Å². The molecule has 2 rings (SSSR count). The summed E-state index contributed by atoms with van der Waals surface area (Å²) < 4.78 is 0. The molecule has 0 aliphatic carbocycles. The molecule has 0 amide bonds. The molecule has 1 nitrogen and oxygen atoms in total. The van der Waals surface area contributed by atoms with Crippen molar-refractivity contribution in [3.05, 3.63) is 69.2 Å². The van der Waals surface area contributed by atoms with Crippen LogP contribution in [0, 0.1) is 0 Å². The lowest BCUT2D eigenvalue weighted by Gasteiger charge is -2.19. The number of benzene rings is 2. The van der Waals surface area contributed by atoms with E-state index in [2.05, 4.69) is 43.4 Å². The fraction of sp³-hybridized carbons (Fsp3) is 0.333. The van der Waals surface area contributed by atoms with E-state index in [9.17, 15) is 0 Å². The molecule has 0 aromatic heterocycles. The lowest BCUT2D eigenvalue weighted by Crippen LogP contribution is -2.20. The Morgan fingerprint density at radius 2 is 1.62 bits per heavy atom. The van der Waals surface area contributed by atoms with Crippen LogP contribution in [0.1, 0.15) is 43.0 Å². The monoisotopic (exact) mass is 321 g/mol. The van der Waals surface area contributed by atoms with Crippen molar-refractivity contribution >= 4 is 23.2 Å². The first-order valence-electron chi connectivity index (χ1n) is 7.40. The van der Waals surface area contributed by atoms with Crippen molar-refractivity contribution in [1.82, 2.24) is 5.32 Å². The fourth-order valence-corrected chi connectivity index (χ4v) is 2.93. The van der Waals surface area contributed by atoms with Crippen LogP contribution in [0.5, 0.6) is 0 Å². The molecule has 0 spiro atoms. The summed E-state index contributed by atoms with van der Waals surface area (Å²) in [6.45, 7) is 5.16. The van der Waals surface area contributed by atoms with Crippen LogP contribution in [0.25, 0.3) is 0 Å². The molecule has 21 heavy (non-hydrogen) atoms. The average molecular weight is 322 g/mol. The highest BCUT2D eigenvalue weighted by Crippen LogP contribution is 2.28. The number of halogens is 2. The van der Waals surface area contributed by atoms with Crippen LogP contribution in [0.2, 0.25) is 10.0 Å². The van der Waals surface area contributed by atoms with Gasteiger partial charge in [-0.3, -0.25) is 0 Å². The van der Waals surface area contributed by atoms with E-state index in [0.29, 0.717) is 5.02 Å². The van der Waals surface area contributed by atoms with E-state index in [0.717, 1.165) is 30.0 Å². The normalized spacial score (nSPS) is 12.4. The van der Waals surface area contributed by atoms with Gasteiger partial charge in [-0.25, -0.2) is 0 Å². The number of hydrogen-bond donors (Lipinski definition) is 1. The standard InChI is InChI=1S/C18H21Cl2N/c1-3-13-5-7-14(8-6-13)12-21-18(4-2)16-10-9-15(19)11-17(16)20/h5-11,18,21H,3-4,12H2,1-2H3. The maximum absolute atomic E-state index is 6.30. The Kier molecular flexibility index (Phi) is 6.10. The second-order valence-electron chi connectivity index (χ2n) is 5.18. The Hall–Kier alpha value is -1.02. The number of nitrogens with one attached hydrogen (secondary N) is 1. The SMILES string of the molecule is CCc1ccc(CNC(CC)c2ccc(Cl)cc2Cl)cc1. The number of hydrogen-bond acceptors (Lipinski definition) is 1. The van der Waals surface area contributed by atoms with Gasteiger partial charge in [-0.15, -0.1) is 0 Å². The van der Waals surface area contributed by atoms with E-state index >= 15 is 0 Å². The Morgan fingerprint density at radius 3 is 2.19 bits per heavy atom. The maximum Gasteiger partial charge on any atom is 0.0468 e. The summed E-state index contributed by atoms with van der Waals surface area (Å²) >= 11 is 12.3. The molecule has 112 valence electrons. The summed E-state index contributed by atoms with van der Waals surface area (Å²) in [5.41, 5.74) is 3.76. The van der Waals surface area contributed by atoms with Crippen LogP contribution in [0.3, 0.4) is 0 Å². The predicted octanol–water partition coefficient (Wildman–Crippen LogP) is 5.80. The predicted molar refractivity (Wildman–Crippen MR) is 92.2 cm³/mol. The minimum atomic E-state index is 0.237. The van der Waals surface area contributed by atoms with Crippen molar-refractivity contribution in [3.8, 4) is 0 Å². The van der Waals surface area contributed by atoms with Crippen molar-refractivity contribution in [1.29, 1.82) is 0 Å². The largest absolute Gasteiger partial charge is 0.306 e. The van der Waals surface area contributed by atoms with Crippen molar-refractivity contribution in [2.45, 2.75) is 39.3 Å². The molecule has 0 radical (unpaired) electrons. The van der Waals surface area contributed by atoms with E-state index in [-0.39, 0.29) is 6.04 Å². The van der Waals surface area contributed by atoms with Gasteiger partial charge >= 0.3 is 0 Å². The van der Waals surface area contributed by atoms with Crippen LogP contribution < -0.4 is 5.32 Å². The lowest BCUT2D eigenvalue weighted by molar-refractivity contribution is 0.519. The topological polar surface area (TPSA) is 12.0 Å². The quantitative estimate of drug-likeness (QED) is 0.709. The first kappa shape index (κ1) is 16.4. The third-order valence-electron chi connectivity index (χ3n) is 3.73. The molecular weight excluding hydrogens is 301 g/mol. The number of rotatable bonds is 6.